The molecule has 0 amide bonds. The standard InChI is InChI=1S/C14H21N3OS/c1-9-6-10(2)12(18)11(7-9)8-15-17-13(19)16-14(3,4)5/h6-8,18H,1-5H3,(H2,16,17,19). The second-order valence-corrected chi connectivity index (χ2v) is 6.00. The van der Waals surface area contributed by atoms with Crippen molar-refractivity contribution in [2.24, 2.45) is 5.10 Å². The average Bonchev–Trinajstić information content (AvgIpc) is 2.22. The predicted octanol–water partition coefficient (Wildman–Crippen LogP) is 2.61. The van der Waals surface area contributed by atoms with Crippen molar-refractivity contribution < 1.29 is 5.11 Å². The molecule has 0 atom stereocenters. The Morgan fingerprint density at radius 3 is 2.53 bits per heavy atom. The topological polar surface area (TPSA) is 56.7 Å². The second-order valence-electron chi connectivity index (χ2n) is 5.59. The molecule has 0 spiro atoms. The molecule has 1 rings (SSSR count). The molecule has 0 fully saturated rings. The van der Waals surface area contributed by atoms with Crippen molar-refractivity contribution in [3.63, 3.8) is 0 Å². The fraction of sp³-hybridized carbons (Fsp3) is 0.429. The molecule has 0 unspecified atom stereocenters. The molecule has 19 heavy (non-hydrogen) atoms. The molecule has 0 saturated carbocycles. The highest BCUT2D eigenvalue weighted by atomic mass is 32.1. The molecule has 3 N–H and O–H groups in total. The fourth-order valence-electron chi connectivity index (χ4n) is 1.62. The Kier molecular flexibility index (Phi) is 4.89. The Hall–Kier alpha value is -1.62. The van der Waals surface area contributed by atoms with Gasteiger partial charge in [-0.25, -0.2) is 0 Å². The Bertz CT molecular complexity index is 504. The lowest BCUT2D eigenvalue weighted by Crippen LogP contribution is -2.44. The first kappa shape index (κ1) is 15.4. The van der Waals surface area contributed by atoms with Crippen LogP contribution in [0.25, 0.3) is 0 Å². The quantitative estimate of drug-likeness (QED) is 0.442. The molecule has 0 heterocycles. The van der Waals surface area contributed by atoms with Gasteiger partial charge in [-0.1, -0.05) is 6.07 Å². The summed E-state index contributed by atoms with van der Waals surface area (Å²) in [6, 6.07) is 3.79. The molecule has 0 bridgehead atoms. The fourth-order valence-corrected chi connectivity index (χ4v) is 1.98. The molecule has 4 nitrogen and oxygen atoms in total. The molecule has 1 aromatic carbocycles. The van der Waals surface area contributed by atoms with Gasteiger partial charge in [-0.15, -0.1) is 0 Å². The number of benzene rings is 1. The van der Waals surface area contributed by atoms with Crippen LogP contribution in [0.15, 0.2) is 17.2 Å². The zero-order valence-corrected chi connectivity index (χ0v) is 12.9. The minimum Gasteiger partial charge on any atom is -0.507 e. The Morgan fingerprint density at radius 2 is 1.95 bits per heavy atom. The van der Waals surface area contributed by atoms with E-state index in [-0.39, 0.29) is 11.3 Å². The van der Waals surface area contributed by atoms with Gasteiger partial charge < -0.3 is 10.4 Å². The van der Waals surface area contributed by atoms with Crippen LogP contribution >= 0.6 is 12.2 Å². The van der Waals surface area contributed by atoms with Crippen LogP contribution in [-0.4, -0.2) is 22.0 Å². The zero-order chi connectivity index (χ0) is 14.6. The summed E-state index contributed by atoms with van der Waals surface area (Å²) < 4.78 is 0. The molecule has 0 radical (unpaired) electrons. The number of hydrogen-bond acceptors (Lipinski definition) is 3. The minimum absolute atomic E-state index is 0.109. The first-order valence-electron chi connectivity index (χ1n) is 6.10. The van der Waals surface area contributed by atoms with Crippen molar-refractivity contribution in [2.75, 3.05) is 0 Å². The van der Waals surface area contributed by atoms with Crippen LogP contribution in [-0.2, 0) is 0 Å². The van der Waals surface area contributed by atoms with Crippen LogP contribution in [0.3, 0.4) is 0 Å². The van der Waals surface area contributed by atoms with E-state index in [1.165, 1.54) is 0 Å². The molecular weight excluding hydrogens is 258 g/mol. The van der Waals surface area contributed by atoms with E-state index in [0.29, 0.717) is 10.7 Å². The van der Waals surface area contributed by atoms with E-state index in [9.17, 15) is 5.11 Å². The predicted molar refractivity (Wildman–Crippen MR) is 83.8 cm³/mol. The number of hydrazone groups is 1. The van der Waals surface area contributed by atoms with Gasteiger partial charge in [-0.05, 0) is 64.0 Å². The Labute approximate surface area is 119 Å². The van der Waals surface area contributed by atoms with Gasteiger partial charge in [-0.3, -0.25) is 5.43 Å². The smallest absolute Gasteiger partial charge is 0.187 e. The van der Waals surface area contributed by atoms with Crippen LogP contribution < -0.4 is 10.7 Å². The maximum atomic E-state index is 9.91. The number of phenolic OH excluding ortho intramolecular Hbond substituents is 1. The van der Waals surface area contributed by atoms with Gasteiger partial charge in [0, 0.05) is 11.1 Å². The van der Waals surface area contributed by atoms with E-state index >= 15 is 0 Å². The first-order chi connectivity index (χ1) is 8.69. The monoisotopic (exact) mass is 279 g/mol. The normalized spacial score (nSPS) is 11.6. The number of nitrogens with one attached hydrogen (secondary N) is 2. The van der Waals surface area contributed by atoms with Crippen molar-refractivity contribution >= 4 is 23.5 Å². The summed E-state index contributed by atoms with van der Waals surface area (Å²) in [6.07, 6.45) is 1.56. The van der Waals surface area contributed by atoms with Crippen molar-refractivity contribution in [1.82, 2.24) is 10.7 Å². The summed E-state index contributed by atoms with van der Waals surface area (Å²) in [5, 5.41) is 17.5. The number of phenols is 1. The van der Waals surface area contributed by atoms with Gasteiger partial charge in [0.15, 0.2) is 5.11 Å². The molecule has 1 aromatic rings. The van der Waals surface area contributed by atoms with Crippen LogP contribution in [0.2, 0.25) is 0 Å². The maximum absolute atomic E-state index is 9.91. The SMILES string of the molecule is Cc1cc(C)c(O)c(C=NNC(=S)NC(C)(C)C)c1. The van der Waals surface area contributed by atoms with E-state index in [0.717, 1.165) is 11.1 Å². The van der Waals surface area contributed by atoms with E-state index in [1.54, 1.807) is 6.21 Å². The van der Waals surface area contributed by atoms with E-state index < -0.39 is 0 Å². The Morgan fingerprint density at radius 1 is 1.32 bits per heavy atom. The number of aryl methyl sites for hydroxylation is 2. The van der Waals surface area contributed by atoms with Crippen molar-refractivity contribution in [3.05, 3.63) is 28.8 Å². The third-order valence-corrected chi connectivity index (χ3v) is 2.53. The summed E-state index contributed by atoms with van der Waals surface area (Å²) in [7, 11) is 0. The van der Waals surface area contributed by atoms with Gasteiger partial charge in [0.2, 0.25) is 0 Å². The number of rotatable bonds is 2. The zero-order valence-electron chi connectivity index (χ0n) is 12.0. The van der Waals surface area contributed by atoms with Crippen LogP contribution in [0.4, 0.5) is 0 Å². The van der Waals surface area contributed by atoms with Gasteiger partial charge in [0.25, 0.3) is 0 Å². The van der Waals surface area contributed by atoms with Crippen molar-refractivity contribution in [3.8, 4) is 5.75 Å². The third-order valence-electron chi connectivity index (χ3n) is 2.33. The highest BCUT2D eigenvalue weighted by Crippen LogP contribution is 2.21. The lowest BCUT2D eigenvalue weighted by atomic mass is 10.1. The third kappa shape index (κ3) is 5.26. The highest BCUT2D eigenvalue weighted by molar-refractivity contribution is 7.80. The molecule has 5 heteroatoms. The van der Waals surface area contributed by atoms with Crippen LogP contribution in [0, 0.1) is 13.8 Å². The number of nitrogens with zero attached hydrogens (tertiary/aromatic N) is 1. The van der Waals surface area contributed by atoms with E-state index in [4.69, 9.17) is 12.2 Å². The first-order valence-corrected chi connectivity index (χ1v) is 6.51. The molecule has 0 aliphatic heterocycles. The molecular formula is C14H21N3OS. The number of thiocarbonyl (C=S) groups is 1. The van der Waals surface area contributed by atoms with Gasteiger partial charge >= 0.3 is 0 Å². The van der Waals surface area contributed by atoms with Crippen LogP contribution in [0.1, 0.15) is 37.5 Å². The largest absolute Gasteiger partial charge is 0.507 e. The average molecular weight is 279 g/mol. The molecule has 0 saturated heterocycles. The highest BCUT2D eigenvalue weighted by Gasteiger charge is 2.10. The summed E-state index contributed by atoms with van der Waals surface area (Å²) in [5.41, 5.74) is 5.20. The van der Waals surface area contributed by atoms with E-state index in [2.05, 4.69) is 15.8 Å². The van der Waals surface area contributed by atoms with Gasteiger partial charge in [-0.2, -0.15) is 5.10 Å². The number of aromatic hydroxyl groups is 1. The van der Waals surface area contributed by atoms with Gasteiger partial charge in [0.1, 0.15) is 5.75 Å². The Balaban J connectivity index is 2.71. The van der Waals surface area contributed by atoms with Crippen molar-refractivity contribution in [2.45, 2.75) is 40.2 Å². The van der Waals surface area contributed by atoms with E-state index in [1.807, 2.05) is 46.8 Å². The lowest BCUT2D eigenvalue weighted by Gasteiger charge is -2.21. The molecule has 0 aliphatic carbocycles. The summed E-state index contributed by atoms with van der Waals surface area (Å²) in [6.45, 7) is 9.88. The summed E-state index contributed by atoms with van der Waals surface area (Å²) >= 11 is 5.10. The van der Waals surface area contributed by atoms with Gasteiger partial charge in [0.05, 0.1) is 6.21 Å². The van der Waals surface area contributed by atoms with Crippen LogP contribution in [0.5, 0.6) is 5.75 Å². The minimum atomic E-state index is -0.109. The maximum Gasteiger partial charge on any atom is 0.187 e. The van der Waals surface area contributed by atoms with Crippen molar-refractivity contribution in [1.29, 1.82) is 0 Å². The number of hydrogen-bond donors (Lipinski definition) is 3. The second kappa shape index (κ2) is 6.02. The molecule has 0 aliphatic rings. The summed E-state index contributed by atoms with van der Waals surface area (Å²) in [5.74, 6) is 0.242. The molecule has 104 valence electrons. The lowest BCUT2D eigenvalue weighted by molar-refractivity contribution is 0.470. The summed E-state index contributed by atoms with van der Waals surface area (Å²) in [4.78, 5) is 0. The molecule has 0 aromatic heterocycles.